The number of likely N-dealkylation sites (tertiary alicyclic amines) is 1. The lowest BCUT2D eigenvalue weighted by molar-refractivity contribution is 0.0781. The number of rotatable bonds is 1. The van der Waals surface area contributed by atoms with E-state index in [4.69, 9.17) is 11.6 Å². The van der Waals surface area contributed by atoms with Gasteiger partial charge in [-0.3, -0.25) is 4.79 Å². The second-order valence-electron chi connectivity index (χ2n) is 3.89. The van der Waals surface area contributed by atoms with Crippen molar-refractivity contribution in [2.24, 2.45) is 5.92 Å². The average molecular weight is 226 g/mol. The lowest BCUT2D eigenvalue weighted by Gasteiger charge is -2.14. The van der Waals surface area contributed by atoms with Crippen molar-refractivity contribution in [2.45, 2.75) is 13.3 Å². The zero-order valence-electron chi connectivity index (χ0n) is 8.48. The molecule has 0 N–H and O–H groups in total. The quantitative estimate of drug-likeness (QED) is 0.730. The van der Waals surface area contributed by atoms with Crippen LogP contribution in [0.5, 0.6) is 0 Å². The monoisotopic (exact) mass is 225 g/mol. The van der Waals surface area contributed by atoms with Gasteiger partial charge < -0.3 is 4.90 Å². The fourth-order valence-corrected chi connectivity index (χ4v) is 1.81. The molecule has 1 fully saturated rings. The molecule has 1 aromatic heterocycles. The SMILES string of the molecule is CC1CCN(C(=O)c2ccc(Cl)nn2)C1. The summed E-state index contributed by atoms with van der Waals surface area (Å²) in [5.41, 5.74) is 0.369. The van der Waals surface area contributed by atoms with Crippen LogP contribution in [0.15, 0.2) is 12.1 Å². The number of carbonyl (C=O) groups is 1. The number of hydrogen-bond donors (Lipinski definition) is 0. The van der Waals surface area contributed by atoms with Gasteiger partial charge in [-0.2, -0.15) is 0 Å². The zero-order chi connectivity index (χ0) is 10.8. The summed E-state index contributed by atoms with van der Waals surface area (Å²) in [4.78, 5) is 13.7. The molecule has 1 atom stereocenters. The predicted octanol–water partition coefficient (Wildman–Crippen LogP) is 1.61. The molecule has 5 heteroatoms. The highest BCUT2D eigenvalue weighted by molar-refractivity contribution is 6.29. The molecule has 2 heterocycles. The first-order valence-corrected chi connectivity index (χ1v) is 5.33. The summed E-state index contributed by atoms with van der Waals surface area (Å²) in [6.45, 7) is 3.76. The topological polar surface area (TPSA) is 46.1 Å². The molecule has 1 aliphatic rings. The second-order valence-corrected chi connectivity index (χ2v) is 4.27. The molecule has 4 nitrogen and oxygen atoms in total. The molecule has 0 spiro atoms. The van der Waals surface area contributed by atoms with Crippen LogP contribution in [0, 0.1) is 5.92 Å². The van der Waals surface area contributed by atoms with E-state index in [-0.39, 0.29) is 5.91 Å². The van der Waals surface area contributed by atoms with E-state index in [9.17, 15) is 4.79 Å². The van der Waals surface area contributed by atoms with Crippen LogP contribution in [0.4, 0.5) is 0 Å². The fraction of sp³-hybridized carbons (Fsp3) is 0.500. The van der Waals surface area contributed by atoms with Gasteiger partial charge in [0.05, 0.1) is 0 Å². The second kappa shape index (κ2) is 4.14. The highest BCUT2D eigenvalue weighted by atomic mass is 35.5. The number of hydrogen-bond acceptors (Lipinski definition) is 3. The summed E-state index contributed by atoms with van der Waals surface area (Å²) in [7, 11) is 0. The van der Waals surface area contributed by atoms with Crippen LogP contribution in [0.25, 0.3) is 0 Å². The Morgan fingerprint density at radius 2 is 2.33 bits per heavy atom. The fourth-order valence-electron chi connectivity index (χ4n) is 1.71. The summed E-state index contributed by atoms with van der Waals surface area (Å²) < 4.78 is 0. The van der Waals surface area contributed by atoms with Crippen LogP contribution in [-0.2, 0) is 0 Å². The van der Waals surface area contributed by atoms with Gasteiger partial charge in [0.15, 0.2) is 10.8 Å². The minimum Gasteiger partial charge on any atom is -0.337 e. The minimum atomic E-state index is -0.0523. The smallest absolute Gasteiger partial charge is 0.274 e. The summed E-state index contributed by atoms with van der Waals surface area (Å²) in [5, 5.41) is 7.74. The van der Waals surface area contributed by atoms with Crippen LogP contribution >= 0.6 is 11.6 Å². The van der Waals surface area contributed by atoms with E-state index in [0.29, 0.717) is 16.8 Å². The molecule has 1 unspecified atom stereocenters. The van der Waals surface area contributed by atoms with Crippen LogP contribution in [0.3, 0.4) is 0 Å². The Morgan fingerprint density at radius 3 is 2.87 bits per heavy atom. The molecule has 0 saturated carbocycles. The van der Waals surface area contributed by atoms with E-state index in [1.165, 1.54) is 0 Å². The number of aromatic nitrogens is 2. The number of halogens is 1. The standard InChI is InChI=1S/C10H12ClN3O/c1-7-4-5-14(6-7)10(15)8-2-3-9(11)13-12-8/h2-3,7H,4-6H2,1H3. The van der Waals surface area contributed by atoms with E-state index >= 15 is 0 Å². The van der Waals surface area contributed by atoms with Gasteiger partial charge in [-0.15, -0.1) is 10.2 Å². The molecule has 2 rings (SSSR count). The molecule has 0 aromatic carbocycles. The molecule has 1 saturated heterocycles. The van der Waals surface area contributed by atoms with Crippen molar-refractivity contribution < 1.29 is 4.79 Å². The van der Waals surface area contributed by atoms with Crippen LogP contribution in [0.1, 0.15) is 23.8 Å². The number of nitrogens with zero attached hydrogens (tertiary/aromatic N) is 3. The van der Waals surface area contributed by atoms with Crippen LogP contribution in [0.2, 0.25) is 5.15 Å². The molecule has 0 bridgehead atoms. The van der Waals surface area contributed by atoms with E-state index in [0.717, 1.165) is 19.5 Å². The molecular formula is C10H12ClN3O. The normalized spacial score (nSPS) is 20.7. The van der Waals surface area contributed by atoms with Gasteiger partial charge in [0, 0.05) is 13.1 Å². The van der Waals surface area contributed by atoms with E-state index in [2.05, 4.69) is 17.1 Å². The minimum absolute atomic E-state index is 0.0523. The summed E-state index contributed by atoms with van der Waals surface area (Å²) >= 11 is 5.60. The van der Waals surface area contributed by atoms with Crippen molar-refractivity contribution in [1.29, 1.82) is 0 Å². The van der Waals surface area contributed by atoms with Crippen molar-refractivity contribution in [3.8, 4) is 0 Å². The summed E-state index contributed by atoms with van der Waals surface area (Å²) in [6, 6.07) is 3.20. The van der Waals surface area contributed by atoms with Crippen molar-refractivity contribution in [3.05, 3.63) is 23.0 Å². The maximum atomic E-state index is 11.9. The van der Waals surface area contributed by atoms with Gasteiger partial charge >= 0.3 is 0 Å². The Kier molecular flexibility index (Phi) is 2.86. The highest BCUT2D eigenvalue weighted by Gasteiger charge is 2.24. The first-order chi connectivity index (χ1) is 7.16. The average Bonchev–Trinajstić information content (AvgIpc) is 2.65. The third-order valence-corrected chi connectivity index (χ3v) is 2.76. The Morgan fingerprint density at radius 1 is 1.53 bits per heavy atom. The number of amides is 1. The summed E-state index contributed by atoms with van der Waals surface area (Å²) in [5.74, 6) is 0.526. The largest absolute Gasteiger partial charge is 0.337 e. The van der Waals surface area contributed by atoms with Crippen molar-refractivity contribution >= 4 is 17.5 Å². The van der Waals surface area contributed by atoms with Crippen molar-refractivity contribution in [1.82, 2.24) is 15.1 Å². The Bertz CT molecular complexity index is 365. The summed E-state index contributed by atoms with van der Waals surface area (Å²) in [6.07, 6.45) is 1.06. The number of carbonyl (C=O) groups excluding carboxylic acids is 1. The van der Waals surface area contributed by atoms with E-state index in [1.54, 1.807) is 12.1 Å². The Hall–Kier alpha value is -1.16. The molecule has 0 radical (unpaired) electrons. The molecule has 0 aliphatic carbocycles. The third kappa shape index (κ3) is 2.26. The van der Waals surface area contributed by atoms with Crippen LogP contribution < -0.4 is 0 Å². The lowest BCUT2D eigenvalue weighted by Crippen LogP contribution is -2.29. The lowest BCUT2D eigenvalue weighted by atomic mass is 10.2. The molecule has 80 valence electrons. The Balaban J connectivity index is 2.11. The van der Waals surface area contributed by atoms with Gasteiger partial charge in [-0.25, -0.2) is 0 Å². The highest BCUT2D eigenvalue weighted by Crippen LogP contribution is 2.17. The molecule has 1 aromatic rings. The van der Waals surface area contributed by atoms with E-state index < -0.39 is 0 Å². The van der Waals surface area contributed by atoms with Gasteiger partial charge in [0.25, 0.3) is 5.91 Å². The maximum absolute atomic E-state index is 11.9. The molecule has 15 heavy (non-hydrogen) atoms. The van der Waals surface area contributed by atoms with Crippen LogP contribution in [-0.4, -0.2) is 34.1 Å². The zero-order valence-corrected chi connectivity index (χ0v) is 9.24. The van der Waals surface area contributed by atoms with E-state index in [1.807, 2.05) is 4.90 Å². The van der Waals surface area contributed by atoms with Gasteiger partial charge in [0.2, 0.25) is 0 Å². The van der Waals surface area contributed by atoms with Gasteiger partial charge in [0.1, 0.15) is 0 Å². The van der Waals surface area contributed by atoms with Gasteiger partial charge in [-0.1, -0.05) is 18.5 Å². The van der Waals surface area contributed by atoms with Crippen molar-refractivity contribution in [3.63, 3.8) is 0 Å². The van der Waals surface area contributed by atoms with Gasteiger partial charge in [-0.05, 0) is 24.5 Å². The molecular weight excluding hydrogens is 214 g/mol. The molecule has 1 aliphatic heterocycles. The molecule has 1 amide bonds. The Labute approximate surface area is 93.2 Å². The first-order valence-electron chi connectivity index (χ1n) is 4.95. The predicted molar refractivity (Wildman–Crippen MR) is 56.7 cm³/mol. The maximum Gasteiger partial charge on any atom is 0.274 e. The first kappa shape index (κ1) is 10.4. The third-order valence-electron chi connectivity index (χ3n) is 2.56. The van der Waals surface area contributed by atoms with Crippen molar-refractivity contribution in [2.75, 3.05) is 13.1 Å².